The van der Waals surface area contributed by atoms with Crippen LogP contribution in [-0.4, -0.2) is 29.6 Å². The van der Waals surface area contributed by atoms with Crippen LogP contribution in [0.25, 0.3) is 0 Å². The van der Waals surface area contributed by atoms with Gasteiger partial charge in [0, 0.05) is 0 Å². The first-order chi connectivity index (χ1) is 8.06. The van der Waals surface area contributed by atoms with Gasteiger partial charge in [-0.05, 0) is 19.1 Å². The van der Waals surface area contributed by atoms with E-state index in [1.165, 1.54) is 18.2 Å². The summed E-state index contributed by atoms with van der Waals surface area (Å²) < 4.78 is 4.48. The van der Waals surface area contributed by atoms with Crippen LogP contribution in [0.5, 0.6) is 0 Å². The van der Waals surface area contributed by atoms with E-state index in [2.05, 4.69) is 10.1 Å². The monoisotopic (exact) mass is 237 g/mol. The highest BCUT2D eigenvalue weighted by Gasteiger charge is 2.17. The molecule has 0 heterocycles. The Morgan fingerprint density at radius 2 is 1.94 bits per heavy atom. The Balaban J connectivity index is 2.85. The van der Waals surface area contributed by atoms with Gasteiger partial charge in [0.25, 0.3) is 0 Å². The molecule has 2 N–H and O–H groups in total. The van der Waals surface area contributed by atoms with Gasteiger partial charge in [-0.15, -0.1) is 0 Å². The number of carbonyl (C=O) groups excluding carboxylic acids is 2. The largest absolute Gasteiger partial charge is 0.478 e. The molecule has 90 valence electrons. The number of benzene rings is 1. The Morgan fingerprint density at radius 3 is 2.53 bits per heavy atom. The minimum absolute atomic E-state index is 0.0538. The molecule has 17 heavy (non-hydrogen) atoms. The van der Waals surface area contributed by atoms with Crippen molar-refractivity contribution in [2.45, 2.75) is 6.92 Å². The molecule has 0 saturated carbocycles. The van der Waals surface area contributed by atoms with Gasteiger partial charge in [-0.2, -0.15) is 0 Å². The van der Waals surface area contributed by atoms with E-state index in [0.29, 0.717) is 0 Å². The fraction of sp³-hybridized carbons (Fsp3) is 0.182. The Labute approximate surface area is 97.2 Å². The van der Waals surface area contributed by atoms with Crippen molar-refractivity contribution in [3.63, 3.8) is 0 Å². The Morgan fingerprint density at radius 1 is 1.29 bits per heavy atom. The maximum absolute atomic E-state index is 11.3. The summed E-state index contributed by atoms with van der Waals surface area (Å²) >= 11 is 0. The summed E-state index contributed by atoms with van der Waals surface area (Å²) in [5.74, 6) is -3.24. The van der Waals surface area contributed by atoms with E-state index in [-0.39, 0.29) is 17.9 Å². The number of nitrogens with one attached hydrogen (secondary N) is 1. The quantitative estimate of drug-likeness (QED) is 0.601. The third-order valence-corrected chi connectivity index (χ3v) is 1.87. The number of carboxylic acids is 1. The second-order valence-electron chi connectivity index (χ2n) is 3.03. The molecule has 1 rings (SSSR count). The third-order valence-electron chi connectivity index (χ3n) is 1.87. The van der Waals surface area contributed by atoms with Gasteiger partial charge < -0.3 is 15.2 Å². The van der Waals surface area contributed by atoms with Crippen LogP contribution in [0.4, 0.5) is 5.69 Å². The highest BCUT2D eigenvalue weighted by Crippen LogP contribution is 2.14. The summed E-state index contributed by atoms with van der Waals surface area (Å²) in [5.41, 5.74) is -0.0387. The van der Waals surface area contributed by atoms with Gasteiger partial charge in [-0.1, -0.05) is 12.1 Å². The van der Waals surface area contributed by atoms with Crippen molar-refractivity contribution in [2.24, 2.45) is 0 Å². The number of para-hydroxylation sites is 1. The third kappa shape index (κ3) is 3.30. The van der Waals surface area contributed by atoms with E-state index in [4.69, 9.17) is 5.11 Å². The zero-order chi connectivity index (χ0) is 12.8. The van der Waals surface area contributed by atoms with Crippen molar-refractivity contribution in [3.8, 4) is 0 Å². The first-order valence-corrected chi connectivity index (χ1v) is 4.86. The molecule has 0 aliphatic rings. The van der Waals surface area contributed by atoms with Crippen LogP contribution in [0, 0.1) is 0 Å². The van der Waals surface area contributed by atoms with Crippen molar-refractivity contribution in [3.05, 3.63) is 29.8 Å². The number of carbonyl (C=O) groups is 3. The van der Waals surface area contributed by atoms with E-state index < -0.39 is 17.8 Å². The second-order valence-corrected chi connectivity index (χ2v) is 3.03. The average molecular weight is 237 g/mol. The zero-order valence-electron chi connectivity index (χ0n) is 9.10. The second kappa shape index (κ2) is 5.64. The van der Waals surface area contributed by atoms with E-state index in [0.717, 1.165) is 0 Å². The fourth-order valence-corrected chi connectivity index (χ4v) is 1.15. The predicted octanol–water partition coefficient (Wildman–Crippen LogP) is 0.886. The number of anilines is 1. The molecular formula is C11H11NO5. The number of hydrogen-bond donors (Lipinski definition) is 2. The molecule has 0 saturated heterocycles. The summed E-state index contributed by atoms with van der Waals surface area (Å²) in [6.07, 6.45) is 0. The molecule has 1 aromatic carbocycles. The fourth-order valence-electron chi connectivity index (χ4n) is 1.15. The smallest absolute Gasteiger partial charge is 0.397 e. The van der Waals surface area contributed by atoms with Crippen LogP contribution in [0.1, 0.15) is 17.3 Å². The molecule has 0 atom stereocenters. The van der Waals surface area contributed by atoms with Crippen molar-refractivity contribution < 1.29 is 24.2 Å². The molecule has 0 radical (unpaired) electrons. The van der Waals surface area contributed by atoms with E-state index in [9.17, 15) is 14.4 Å². The molecule has 0 aliphatic heterocycles. The van der Waals surface area contributed by atoms with E-state index in [1.807, 2.05) is 0 Å². The Hall–Kier alpha value is -2.37. The van der Waals surface area contributed by atoms with Crippen LogP contribution in [0.3, 0.4) is 0 Å². The average Bonchev–Trinajstić information content (AvgIpc) is 2.29. The van der Waals surface area contributed by atoms with Gasteiger partial charge in [0.1, 0.15) is 0 Å². The maximum atomic E-state index is 11.3. The minimum Gasteiger partial charge on any atom is -0.478 e. The highest BCUT2D eigenvalue weighted by atomic mass is 16.5. The minimum atomic E-state index is -1.19. The lowest BCUT2D eigenvalue weighted by Crippen LogP contribution is -2.25. The zero-order valence-corrected chi connectivity index (χ0v) is 9.10. The van der Waals surface area contributed by atoms with Crippen molar-refractivity contribution in [1.29, 1.82) is 0 Å². The number of ether oxygens (including phenoxy) is 1. The van der Waals surface area contributed by atoms with E-state index >= 15 is 0 Å². The molecule has 0 unspecified atom stereocenters. The molecule has 1 amide bonds. The topological polar surface area (TPSA) is 92.7 Å². The van der Waals surface area contributed by atoms with Crippen LogP contribution >= 0.6 is 0 Å². The van der Waals surface area contributed by atoms with Gasteiger partial charge in [0.05, 0.1) is 17.9 Å². The summed E-state index contributed by atoms with van der Waals surface area (Å²) in [4.78, 5) is 33.2. The molecule has 0 fully saturated rings. The molecule has 1 aromatic rings. The molecule has 0 bridgehead atoms. The number of aromatic carboxylic acids is 1. The number of esters is 1. The maximum Gasteiger partial charge on any atom is 0.397 e. The Kier molecular flexibility index (Phi) is 4.21. The van der Waals surface area contributed by atoms with Crippen LogP contribution in [-0.2, 0) is 14.3 Å². The van der Waals surface area contributed by atoms with Gasteiger partial charge in [0.15, 0.2) is 0 Å². The van der Waals surface area contributed by atoms with Gasteiger partial charge in [-0.3, -0.25) is 4.79 Å². The standard InChI is InChI=1S/C11H11NO5/c1-2-17-11(16)9(13)12-8-6-4-3-5-7(8)10(14)15/h3-6H,2H2,1H3,(H,12,13)(H,14,15). The number of hydrogen-bond acceptors (Lipinski definition) is 4. The van der Waals surface area contributed by atoms with Crippen molar-refractivity contribution in [2.75, 3.05) is 11.9 Å². The van der Waals surface area contributed by atoms with Gasteiger partial charge in [-0.25, -0.2) is 9.59 Å². The van der Waals surface area contributed by atoms with Crippen molar-refractivity contribution in [1.82, 2.24) is 0 Å². The first-order valence-electron chi connectivity index (χ1n) is 4.86. The number of rotatable bonds is 3. The molecular weight excluding hydrogens is 226 g/mol. The first kappa shape index (κ1) is 12.7. The highest BCUT2D eigenvalue weighted by molar-refractivity contribution is 6.37. The van der Waals surface area contributed by atoms with Gasteiger partial charge in [0.2, 0.25) is 0 Å². The van der Waals surface area contributed by atoms with Gasteiger partial charge >= 0.3 is 17.8 Å². The lowest BCUT2D eigenvalue weighted by molar-refractivity contribution is -0.152. The van der Waals surface area contributed by atoms with Crippen LogP contribution in [0.2, 0.25) is 0 Å². The van der Waals surface area contributed by atoms with Crippen LogP contribution in [0.15, 0.2) is 24.3 Å². The van der Waals surface area contributed by atoms with Crippen LogP contribution < -0.4 is 5.32 Å². The Bertz CT molecular complexity index is 455. The number of amides is 1. The summed E-state index contributed by atoms with van der Waals surface area (Å²) in [5, 5.41) is 11.0. The predicted molar refractivity (Wildman–Crippen MR) is 58.7 cm³/mol. The molecule has 6 nitrogen and oxygen atoms in total. The SMILES string of the molecule is CCOC(=O)C(=O)Nc1ccccc1C(=O)O. The summed E-state index contributed by atoms with van der Waals surface area (Å²) in [7, 11) is 0. The summed E-state index contributed by atoms with van der Waals surface area (Å²) in [6.45, 7) is 1.64. The molecule has 0 spiro atoms. The lowest BCUT2D eigenvalue weighted by atomic mass is 10.2. The normalized spacial score (nSPS) is 9.47. The lowest BCUT2D eigenvalue weighted by Gasteiger charge is -2.07. The number of carboxylic acid groups (broad SMARTS) is 1. The van der Waals surface area contributed by atoms with E-state index in [1.54, 1.807) is 13.0 Å². The van der Waals surface area contributed by atoms with Crippen molar-refractivity contribution >= 4 is 23.5 Å². The molecule has 0 aromatic heterocycles. The summed E-state index contributed by atoms with van der Waals surface area (Å²) in [6, 6.07) is 5.78. The molecule has 0 aliphatic carbocycles. The molecule has 6 heteroatoms.